The second-order valence-corrected chi connectivity index (χ2v) is 6.70. The van der Waals surface area contributed by atoms with Gasteiger partial charge >= 0.3 is 0 Å². The monoisotopic (exact) mass is 332 g/mol. The van der Waals surface area contributed by atoms with Crippen molar-refractivity contribution in [3.8, 4) is 0 Å². The first-order chi connectivity index (χ1) is 11.7. The van der Waals surface area contributed by atoms with Gasteiger partial charge in [-0.25, -0.2) is 0 Å². The molecule has 0 aliphatic carbocycles. The van der Waals surface area contributed by atoms with Crippen LogP contribution in [0.1, 0.15) is 32.3 Å². The smallest absolute Gasteiger partial charge is 0.241 e. The van der Waals surface area contributed by atoms with E-state index in [0.717, 1.165) is 38.0 Å². The van der Waals surface area contributed by atoms with Crippen molar-refractivity contribution < 1.29 is 14.3 Å². The van der Waals surface area contributed by atoms with Crippen LogP contribution in [0, 0.1) is 5.92 Å². The fourth-order valence-electron chi connectivity index (χ4n) is 3.46. The van der Waals surface area contributed by atoms with E-state index in [1.54, 1.807) is 0 Å². The number of nitrogens with one attached hydrogen (secondary N) is 1. The molecule has 5 heteroatoms. The fourth-order valence-corrected chi connectivity index (χ4v) is 3.46. The third-order valence-electron chi connectivity index (χ3n) is 5.16. The molecule has 1 N–H and O–H groups in total. The van der Waals surface area contributed by atoms with E-state index in [0.29, 0.717) is 19.1 Å². The Morgan fingerprint density at radius 2 is 1.83 bits per heavy atom. The first-order valence-electron chi connectivity index (χ1n) is 9.04. The average Bonchev–Trinajstić information content (AvgIpc) is 3.16. The van der Waals surface area contributed by atoms with Gasteiger partial charge in [0, 0.05) is 11.6 Å². The second-order valence-electron chi connectivity index (χ2n) is 6.70. The summed E-state index contributed by atoms with van der Waals surface area (Å²) in [5.74, 6) is 0.520. The van der Waals surface area contributed by atoms with Crippen LogP contribution >= 0.6 is 0 Å². The van der Waals surface area contributed by atoms with E-state index in [1.807, 2.05) is 19.1 Å². The van der Waals surface area contributed by atoms with E-state index in [-0.39, 0.29) is 18.2 Å². The maximum Gasteiger partial charge on any atom is 0.241 e. The lowest BCUT2D eigenvalue weighted by atomic mass is 9.95. The minimum absolute atomic E-state index is 0.0339. The first kappa shape index (κ1) is 17.4. The van der Waals surface area contributed by atoms with Gasteiger partial charge < -0.3 is 14.8 Å². The first-order valence-corrected chi connectivity index (χ1v) is 9.04. The van der Waals surface area contributed by atoms with Gasteiger partial charge in [0.05, 0.1) is 19.3 Å². The number of piperidine rings is 1. The molecule has 1 unspecified atom stereocenters. The number of carbonyl (C=O) groups is 1. The molecule has 3 rings (SSSR count). The molecule has 2 aliphatic heterocycles. The standard InChI is InChI=1S/C19H28N2O3/c1-3-15-4-6-17(7-5-15)20-18(22)14(2)21-10-8-16(9-11-21)19-23-12-13-24-19/h4-7,14,16,19H,3,8-13H2,1-2H3,(H,20,22). The number of likely N-dealkylation sites (tertiary alicyclic amines) is 1. The van der Waals surface area contributed by atoms with Gasteiger partial charge in [0.15, 0.2) is 6.29 Å². The van der Waals surface area contributed by atoms with Gasteiger partial charge in [-0.2, -0.15) is 0 Å². The Morgan fingerprint density at radius 1 is 1.21 bits per heavy atom. The molecule has 0 bridgehead atoms. The van der Waals surface area contributed by atoms with Crippen molar-refractivity contribution in [2.24, 2.45) is 5.92 Å². The zero-order chi connectivity index (χ0) is 16.9. The Morgan fingerprint density at radius 3 is 2.42 bits per heavy atom. The molecule has 24 heavy (non-hydrogen) atoms. The quantitative estimate of drug-likeness (QED) is 0.901. The van der Waals surface area contributed by atoms with E-state index in [4.69, 9.17) is 9.47 Å². The fraction of sp³-hybridized carbons (Fsp3) is 0.632. The van der Waals surface area contributed by atoms with Crippen molar-refractivity contribution in [2.45, 2.75) is 45.4 Å². The van der Waals surface area contributed by atoms with Crippen LogP contribution in [0.3, 0.4) is 0 Å². The number of anilines is 1. The molecule has 5 nitrogen and oxygen atoms in total. The summed E-state index contributed by atoms with van der Waals surface area (Å²) < 4.78 is 11.2. The van der Waals surface area contributed by atoms with Crippen LogP contribution in [-0.4, -0.2) is 49.4 Å². The van der Waals surface area contributed by atoms with Crippen molar-refractivity contribution in [2.75, 3.05) is 31.6 Å². The maximum atomic E-state index is 12.5. The van der Waals surface area contributed by atoms with Crippen LogP contribution < -0.4 is 5.32 Å². The number of rotatable bonds is 5. The highest BCUT2D eigenvalue weighted by molar-refractivity contribution is 5.94. The lowest BCUT2D eigenvalue weighted by Crippen LogP contribution is -2.47. The molecular formula is C19H28N2O3. The molecule has 2 heterocycles. The SMILES string of the molecule is CCc1ccc(NC(=O)C(C)N2CCC(C3OCCO3)CC2)cc1. The lowest BCUT2D eigenvalue weighted by molar-refractivity contribution is -0.123. The summed E-state index contributed by atoms with van der Waals surface area (Å²) in [4.78, 5) is 14.8. The number of aryl methyl sites for hydroxylation is 1. The summed E-state index contributed by atoms with van der Waals surface area (Å²) in [5.41, 5.74) is 2.14. The molecule has 1 aromatic carbocycles. The predicted molar refractivity (Wildman–Crippen MR) is 93.9 cm³/mol. The van der Waals surface area contributed by atoms with Gasteiger partial charge in [-0.15, -0.1) is 0 Å². The van der Waals surface area contributed by atoms with Crippen molar-refractivity contribution in [3.63, 3.8) is 0 Å². The highest BCUT2D eigenvalue weighted by Gasteiger charge is 2.33. The molecule has 0 saturated carbocycles. The summed E-state index contributed by atoms with van der Waals surface area (Å²) in [6, 6.07) is 7.96. The average molecular weight is 332 g/mol. The zero-order valence-electron chi connectivity index (χ0n) is 14.7. The number of carbonyl (C=O) groups excluding carboxylic acids is 1. The summed E-state index contributed by atoms with van der Waals surface area (Å²) in [5, 5.41) is 3.03. The lowest BCUT2D eigenvalue weighted by Gasteiger charge is -2.36. The zero-order valence-corrected chi connectivity index (χ0v) is 14.7. The van der Waals surface area contributed by atoms with Gasteiger partial charge in [-0.1, -0.05) is 19.1 Å². The largest absolute Gasteiger partial charge is 0.350 e. The molecule has 2 aliphatic rings. The number of nitrogens with zero attached hydrogens (tertiary/aromatic N) is 1. The Balaban J connectivity index is 1.48. The van der Waals surface area contributed by atoms with Gasteiger partial charge in [-0.3, -0.25) is 9.69 Å². The second kappa shape index (κ2) is 8.10. The molecule has 132 valence electrons. The van der Waals surface area contributed by atoms with Crippen molar-refractivity contribution in [3.05, 3.63) is 29.8 Å². The van der Waals surface area contributed by atoms with Crippen LogP contribution in [0.5, 0.6) is 0 Å². The minimum Gasteiger partial charge on any atom is -0.350 e. The van der Waals surface area contributed by atoms with Crippen molar-refractivity contribution >= 4 is 11.6 Å². The molecule has 2 fully saturated rings. The molecule has 1 aromatic rings. The number of ether oxygens (including phenoxy) is 2. The maximum absolute atomic E-state index is 12.5. The third kappa shape index (κ3) is 4.15. The normalized spacial score (nSPS) is 21.8. The van der Waals surface area contributed by atoms with Crippen molar-refractivity contribution in [1.82, 2.24) is 4.90 Å². The third-order valence-corrected chi connectivity index (χ3v) is 5.16. The molecule has 1 amide bonds. The van der Waals surface area contributed by atoms with Gasteiger partial charge in [0.25, 0.3) is 0 Å². The number of benzene rings is 1. The van der Waals surface area contributed by atoms with Crippen LogP contribution in [0.25, 0.3) is 0 Å². The topological polar surface area (TPSA) is 50.8 Å². The summed E-state index contributed by atoms with van der Waals surface area (Å²) in [7, 11) is 0. The molecule has 0 radical (unpaired) electrons. The minimum atomic E-state index is -0.123. The van der Waals surface area contributed by atoms with Crippen LogP contribution in [0.4, 0.5) is 5.69 Å². The van der Waals surface area contributed by atoms with E-state index < -0.39 is 0 Å². The Bertz CT molecular complexity index is 532. The highest BCUT2D eigenvalue weighted by atomic mass is 16.7. The molecule has 0 spiro atoms. The Hall–Kier alpha value is -1.43. The van der Waals surface area contributed by atoms with E-state index in [9.17, 15) is 4.79 Å². The molecule has 0 aromatic heterocycles. The summed E-state index contributed by atoms with van der Waals surface area (Å²) >= 11 is 0. The molecule has 2 saturated heterocycles. The van der Waals surface area contributed by atoms with Crippen LogP contribution in [-0.2, 0) is 20.7 Å². The number of hydrogen-bond donors (Lipinski definition) is 1. The number of hydrogen-bond acceptors (Lipinski definition) is 4. The molecule has 1 atom stereocenters. The summed E-state index contributed by atoms with van der Waals surface area (Å²) in [6.45, 7) is 7.36. The Kier molecular flexibility index (Phi) is 5.87. The number of amides is 1. The van der Waals surface area contributed by atoms with Gasteiger partial charge in [0.1, 0.15) is 0 Å². The highest BCUT2D eigenvalue weighted by Crippen LogP contribution is 2.26. The van der Waals surface area contributed by atoms with Crippen molar-refractivity contribution in [1.29, 1.82) is 0 Å². The van der Waals surface area contributed by atoms with E-state index in [2.05, 4.69) is 29.3 Å². The van der Waals surface area contributed by atoms with E-state index in [1.165, 1.54) is 5.56 Å². The summed E-state index contributed by atoms with van der Waals surface area (Å²) in [6.07, 6.45) is 3.02. The van der Waals surface area contributed by atoms with E-state index >= 15 is 0 Å². The van der Waals surface area contributed by atoms with Crippen LogP contribution in [0.2, 0.25) is 0 Å². The Labute approximate surface area is 144 Å². The predicted octanol–water partition coefficient (Wildman–Crippen LogP) is 2.66. The van der Waals surface area contributed by atoms with Crippen LogP contribution in [0.15, 0.2) is 24.3 Å². The molecular weight excluding hydrogens is 304 g/mol. The van der Waals surface area contributed by atoms with Gasteiger partial charge in [0.2, 0.25) is 5.91 Å². The van der Waals surface area contributed by atoms with Gasteiger partial charge in [-0.05, 0) is 57.0 Å².